The largest absolute Gasteiger partial charge is 0.326 e. The highest BCUT2D eigenvalue weighted by molar-refractivity contribution is 7.89. The minimum atomic E-state index is -3.53. The molecule has 0 fully saturated rings. The fraction of sp³-hybridized carbons (Fsp3) is 0.350. The maximum Gasteiger partial charge on any atom is 0.243 e. The molecule has 0 bridgehead atoms. The van der Waals surface area contributed by atoms with Gasteiger partial charge in [0.25, 0.3) is 0 Å². The van der Waals surface area contributed by atoms with Crippen LogP contribution in [-0.2, 0) is 14.8 Å². The van der Waals surface area contributed by atoms with Crippen molar-refractivity contribution in [1.29, 1.82) is 0 Å². The van der Waals surface area contributed by atoms with Crippen molar-refractivity contribution in [2.45, 2.75) is 44.0 Å². The minimum absolute atomic E-state index is 0.103. The predicted molar refractivity (Wildman–Crippen MR) is 105 cm³/mol. The number of rotatable bonds is 7. The standard InChI is InChI=1S/C20H26N2O3S/c1-5-19(16-9-7-6-8-10-16)20(23)21-17-11-13-18(14-12-17)26(24,25)22(4)15(2)3/h6-15,19H,5H2,1-4H3,(H,21,23)/t19-/m1/s1. The summed E-state index contributed by atoms with van der Waals surface area (Å²) in [6.07, 6.45) is 0.682. The van der Waals surface area contributed by atoms with Gasteiger partial charge in [-0.1, -0.05) is 37.3 Å². The quantitative estimate of drug-likeness (QED) is 0.800. The lowest BCUT2D eigenvalue weighted by atomic mass is 9.95. The van der Waals surface area contributed by atoms with E-state index in [1.807, 2.05) is 51.1 Å². The monoisotopic (exact) mass is 374 g/mol. The van der Waals surface area contributed by atoms with E-state index in [4.69, 9.17) is 0 Å². The number of amides is 1. The molecular weight excluding hydrogens is 348 g/mol. The van der Waals surface area contributed by atoms with Gasteiger partial charge in [-0.15, -0.1) is 0 Å². The molecule has 0 saturated heterocycles. The molecule has 0 radical (unpaired) electrons. The van der Waals surface area contributed by atoms with E-state index in [0.717, 1.165) is 5.56 Å². The fourth-order valence-corrected chi connectivity index (χ4v) is 4.01. The van der Waals surface area contributed by atoms with Crippen LogP contribution in [0.15, 0.2) is 59.5 Å². The summed E-state index contributed by atoms with van der Waals surface area (Å²) in [4.78, 5) is 12.8. The van der Waals surface area contributed by atoms with Gasteiger partial charge in [0.2, 0.25) is 15.9 Å². The van der Waals surface area contributed by atoms with Crippen LogP contribution in [-0.4, -0.2) is 31.7 Å². The zero-order chi connectivity index (χ0) is 19.3. The highest BCUT2D eigenvalue weighted by atomic mass is 32.2. The fourth-order valence-electron chi connectivity index (χ4n) is 2.64. The van der Waals surface area contributed by atoms with Gasteiger partial charge < -0.3 is 5.32 Å². The molecule has 2 aromatic carbocycles. The van der Waals surface area contributed by atoms with Crippen molar-refractivity contribution < 1.29 is 13.2 Å². The molecule has 1 N–H and O–H groups in total. The topological polar surface area (TPSA) is 66.5 Å². The molecule has 26 heavy (non-hydrogen) atoms. The first kappa shape index (κ1) is 20.1. The van der Waals surface area contributed by atoms with Crippen LogP contribution in [0.3, 0.4) is 0 Å². The Hall–Kier alpha value is -2.18. The Labute approximate surface area is 156 Å². The van der Waals surface area contributed by atoms with Gasteiger partial charge >= 0.3 is 0 Å². The van der Waals surface area contributed by atoms with Gasteiger partial charge in [-0.25, -0.2) is 8.42 Å². The summed E-state index contributed by atoms with van der Waals surface area (Å²) in [5.74, 6) is -0.347. The number of anilines is 1. The van der Waals surface area contributed by atoms with Crippen LogP contribution < -0.4 is 5.32 Å². The van der Waals surface area contributed by atoms with E-state index in [1.165, 1.54) is 16.4 Å². The molecule has 5 nitrogen and oxygen atoms in total. The van der Waals surface area contributed by atoms with Crippen LogP contribution in [0, 0.1) is 0 Å². The third-order valence-corrected chi connectivity index (χ3v) is 6.50. The van der Waals surface area contributed by atoms with Gasteiger partial charge in [0.15, 0.2) is 0 Å². The molecule has 6 heteroatoms. The number of sulfonamides is 1. The average Bonchev–Trinajstić information content (AvgIpc) is 2.63. The highest BCUT2D eigenvalue weighted by Gasteiger charge is 2.23. The number of benzene rings is 2. The molecule has 140 valence electrons. The second-order valence-corrected chi connectivity index (χ2v) is 8.50. The normalized spacial score (nSPS) is 13.0. The Balaban J connectivity index is 2.15. The smallest absolute Gasteiger partial charge is 0.243 e. The maximum absolute atomic E-state index is 12.6. The summed E-state index contributed by atoms with van der Waals surface area (Å²) in [7, 11) is -1.97. The molecule has 1 atom stereocenters. The van der Waals surface area contributed by atoms with Gasteiger partial charge in [0.05, 0.1) is 10.8 Å². The summed E-state index contributed by atoms with van der Waals surface area (Å²) in [5, 5.41) is 2.87. The molecular formula is C20H26N2O3S. The predicted octanol–water partition coefficient (Wildman–Crippen LogP) is 3.85. The van der Waals surface area contributed by atoms with Crippen LogP contribution >= 0.6 is 0 Å². The van der Waals surface area contributed by atoms with Gasteiger partial charge in [0, 0.05) is 18.8 Å². The van der Waals surface area contributed by atoms with E-state index in [2.05, 4.69) is 5.32 Å². The minimum Gasteiger partial charge on any atom is -0.326 e. The van der Waals surface area contributed by atoms with Crippen LogP contribution in [0.5, 0.6) is 0 Å². The second-order valence-electron chi connectivity index (χ2n) is 6.50. The van der Waals surface area contributed by atoms with E-state index in [1.54, 1.807) is 19.2 Å². The molecule has 2 aromatic rings. The van der Waals surface area contributed by atoms with Crippen molar-refractivity contribution in [2.75, 3.05) is 12.4 Å². The number of hydrogen-bond donors (Lipinski definition) is 1. The lowest BCUT2D eigenvalue weighted by Gasteiger charge is -2.21. The Morgan fingerprint density at radius 1 is 1.04 bits per heavy atom. The van der Waals surface area contributed by atoms with Gasteiger partial charge in [-0.05, 0) is 50.1 Å². The molecule has 0 saturated carbocycles. The first-order valence-corrected chi connectivity index (χ1v) is 10.1. The first-order chi connectivity index (χ1) is 12.3. The zero-order valence-corrected chi connectivity index (χ0v) is 16.5. The Morgan fingerprint density at radius 3 is 2.12 bits per heavy atom. The van der Waals surface area contributed by atoms with E-state index >= 15 is 0 Å². The molecule has 0 aliphatic rings. The van der Waals surface area contributed by atoms with Crippen molar-refractivity contribution in [1.82, 2.24) is 4.31 Å². The number of nitrogens with one attached hydrogen (secondary N) is 1. The van der Waals surface area contributed by atoms with Crippen LogP contribution in [0.4, 0.5) is 5.69 Å². The summed E-state index contributed by atoms with van der Waals surface area (Å²) in [5.41, 5.74) is 1.54. The van der Waals surface area contributed by atoms with E-state index in [-0.39, 0.29) is 22.8 Å². The molecule has 0 aromatic heterocycles. The van der Waals surface area contributed by atoms with Crippen LogP contribution in [0.2, 0.25) is 0 Å². The third kappa shape index (κ3) is 4.51. The van der Waals surface area contributed by atoms with E-state index in [9.17, 15) is 13.2 Å². The Kier molecular flexibility index (Phi) is 6.56. The van der Waals surface area contributed by atoms with Gasteiger partial charge in [-0.2, -0.15) is 4.31 Å². The third-order valence-electron chi connectivity index (χ3n) is 4.45. The van der Waals surface area contributed by atoms with Gasteiger partial charge in [-0.3, -0.25) is 4.79 Å². The number of carbonyl (C=O) groups is 1. The van der Waals surface area contributed by atoms with Crippen molar-refractivity contribution in [3.8, 4) is 0 Å². The van der Waals surface area contributed by atoms with E-state index < -0.39 is 10.0 Å². The average molecular weight is 375 g/mol. The molecule has 2 rings (SSSR count). The summed E-state index contributed by atoms with van der Waals surface area (Å²) >= 11 is 0. The SMILES string of the molecule is CC[C@@H](C(=O)Nc1ccc(S(=O)(=O)N(C)C(C)C)cc1)c1ccccc1. The van der Waals surface area contributed by atoms with Crippen LogP contribution in [0.25, 0.3) is 0 Å². The van der Waals surface area contributed by atoms with Gasteiger partial charge in [0.1, 0.15) is 0 Å². The first-order valence-electron chi connectivity index (χ1n) is 8.71. The van der Waals surface area contributed by atoms with Crippen molar-refractivity contribution in [2.24, 2.45) is 0 Å². The molecule has 0 spiro atoms. The highest BCUT2D eigenvalue weighted by Crippen LogP contribution is 2.23. The molecule has 0 unspecified atom stereocenters. The van der Waals surface area contributed by atoms with E-state index in [0.29, 0.717) is 12.1 Å². The second kappa shape index (κ2) is 8.47. The lowest BCUT2D eigenvalue weighted by Crippen LogP contribution is -2.33. The Bertz CT molecular complexity index is 831. The van der Waals surface area contributed by atoms with Crippen molar-refractivity contribution >= 4 is 21.6 Å². The lowest BCUT2D eigenvalue weighted by molar-refractivity contribution is -0.117. The maximum atomic E-state index is 12.6. The molecule has 0 aliphatic heterocycles. The van der Waals surface area contributed by atoms with Crippen molar-refractivity contribution in [3.05, 3.63) is 60.2 Å². The number of carbonyl (C=O) groups excluding carboxylic acids is 1. The molecule has 0 aliphatic carbocycles. The Morgan fingerprint density at radius 2 is 1.62 bits per heavy atom. The zero-order valence-electron chi connectivity index (χ0n) is 15.6. The summed E-state index contributed by atoms with van der Waals surface area (Å²) in [6, 6.07) is 15.8. The van der Waals surface area contributed by atoms with Crippen LogP contribution in [0.1, 0.15) is 38.7 Å². The molecule has 1 amide bonds. The summed E-state index contributed by atoms with van der Waals surface area (Å²) in [6.45, 7) is 5.61. The number of hydrogen-bond acceptors (Lipinski definition) is 3. The number of nitrogens with zero attached hydrogens (tertiary/aromatic N) is 1. The molecule has 0 heterocycles. The summed E-state index contributed by atoms with van der Waals surface area (Å²) < 4.78 is 26.3. The van der Waals surface area contributed by atoms with Crippen molar-refractivity contribution in [3.63, 3.8) is 0 Å².